The van der Waals surface area contributed by atoms with E-state index in [1.165, 1.54) is 4.90 Å². The van der Waals surface area contributed by atoms with E-state index in [-0.39, 0.29) is 18.7 Å². The molecule has 14 nitrogen and oxygen atoms in total. The highest BCUT2D eigenvalue weighted by Crippen LogP contribution is 2.27. The molecule has 8 rings (SSSR count). The number of amides is 1. The first-order chi connectivity index (χ1) is 34.2. The lowest BCUT2D eigenvalue weighted by Gasteiger charge is -2.17. The zero-order chi connectivity index (χ0) is 50.3. The van der Waals surface area contributed by atoms with E-state index in [0.717, 1.165) is 39.6 Å². The smallest absolute Gasteiger partial charge is 0.415 e. The van der Waals surface area contributed by atoms with Gasteiger partial charge in [0.2, 0.25) is 11.8 Å². The van der Waals surface area contributed by atoms with Crippen molar-refractivity contribution >= 4 is 18.0 Å². The van der Waals surface area contributed by atoms with Crippen LogP contribution in [0.2, 0.25) is 0 Å². The first-order valence-corrected chi connectivity index (χ1v) is 23.0. The summed E-state index contributed by atoms with van der Waals surface area (Å²) >= 11 is 0. The summed E-state index contributed by atoms with van der Waals surface area (Å²) in [6, 6.07) is 42.7. The standard InChI is InChI=1S/C31H28N2O6.C26H27NO5/c1-21-28(32-29(38-21)23-10-4-2-5-11-23)15-16-37-26-14-8-9-22(18-26)17-24-19-33(20-27(24)30(34)35)31(36)39-25-12-6-3-7-13-25;1-18-22(27-25(31-18)19-9-6-5-7-10-19)15-16-30-21-12-8-11-20(17-21)23(28)13-14-24(29)32-26(2,3)4/h2-14,18H,15-17,19-20H2,1H3,(H,34,35);5-12,17,23,28H,15-16H2,1-4H3. The predicted molar refractivity (Wildman–Crippen MR) is 266 cm³/mol. The zero-order valence-corrected chi connectivity index (χ0v) is 40.2. The van der Waals surface area contributed by atoms with Gasteiger partial charge in [-0.25, -0.2) is 24.4 Å². The number of carbonyl (C=O) groups excluding carboxylic acids is 2. The molecule has 1 unspecified atom stereocenters. The highest BCUT2D eigenvalue weighted by molar-refractivity contribution is 5.90. The van der Waals surface area contributed by atoms with E-state index >= 15 is 0 Å². The number of para-hydroxylation sites is 1. The van der Waals surface area contributed by atoms with E-state index in [1.807, 2.05) is 105 Å². The van der Waals surface area contributed by atoms with Gasteiger partial charge in [0, 0.05) is 36.4 Å². The predicted octanol–water partition coefficient (Wildman–Crippen LogP) is 10.4. The summed E-state index contributed by atoms with van der Waals surface area (Å²) in [5, 5.41) is 20.0. The summed E-state index contributed by atoms with van der Waals surface area (Å²) in [7, 11) is 0. The van der Waals surface area contributed by atoms with Crippen LogP contribution in [-0.4, -0.2) is 75.0 Å². The number of nitrogens with zero attached hydrogens (tertiary/aromatic N) is 3. The molecule has 0 aliphatic carbocycles. The molecule has 0 saturated carbocycles. The van der Waals surface area contributed by atoms with Crippen molar-refractivity contribution < 1.29 is 52.4 Å². The van der Waals surface area contributed by atoms with E-state index in [9.17, 15) is 24.6 Å². The lowest BCUT2D eigenvalue weighted by atomic mass is 10.0. The van der Waals surface area contributed by atoms with Crippen LogP contribution in [0.4, 0.5) is 4.79 Å². The molecule has 1 atom stereocenters. The number of aromatic nitrogens is 2. The fourth-order valence-electron chi connectivity index (χ4n) is 7.39. The summed E-state index contributed by atoms with van der Waals surface area (Å²) in [4.78, 5) is 46.8. The van der Waals surface area contributed by atoms with Crippen molar-refractivity contribution in [3.05, 3.63) is 185 Å². The molecule has 2 N–H and O–H groups in total. The summed E-state index contributed by atoms with van der Waals surface area (Å²) in [5.74, 6) is 7.49. The molecular formula is C57H55N3O11. The molecule has 1 aliphatic rings. The third-order valence-electron chi connectivity index (χ3n) is 10.9. The van der Waals surface area contributed by atoms with Crippen molar-refractivity contribution in [3.63, 3.8) is 0 Å². The Bertz CT molecular complexity index is 3020. The Morgan fingerprint density at radius 2 is 1.21 bits per heavy atom. The summed E-state index contributed by atoms with van der Waals surface area (Å²) in [6.07, 6.45) is -0.161. The number of oxazole rings is 2. The number of esters is 1. The number of benzene rings is 5. The maximum absolute atomic E-state index is 12.6. The Labute approximate surface area is 412 Å². The first-order valence-electron chi connectivity index (χ1n) is 23.0. The van der Waals surface area contributed by atoms with Gasteiger partial charge in [0.05, 0.1) is 36.7 Å². The quantitative estimate of drug-likeness (QED) is 0.0563. The number of hydrogen-bond donors (Lipinski definition) is 2. The number of ether oxygens (including phenoxy) is 4. The molecule has 0 radical (unpaired) electrons. The van der Waals surface area contributed by atoms with Crippen molar-refractivity contribution in [3.8, 4) is 52.0 Å². The number of carbonyl (C=O) groups is 3. The Kier molecular flexibility index (Phi) is 16.9. The zero-order valence-electron chi connectivity index (χ0n) is 40.2. The van der Waals surface area contributed by atoms with Gasteiger partial charge in [0.1, 0.15) is 40.5 Å². The molecule has 5 aromatic carbocycles. The van der Waals surface area contributed by atoms with Crippen LogP contribution < -0.4 is 14.2 Å². The highest BCUT2D eigenvalue weighted by Gasteiger charge is 2.31. The molecule has 14 heteroatoms. The van der Waals surface area contributed by atoms with Gasteiger partial charge >= 0.3 is 18.0 Å². The lowest BCUT2D eigenvalue weighted by Crippen LogP contribution is -2.32. The van der Waals surface area contributed by atoms with Crippen LogP contribution in [0.1, 0.15) is 60.9 Å². The number of aliphatic hydroxyl groups is 1. The molecule has 0 saturated heterocycles. The van der Waals surface area contributed by atoms with Crippen LogP contribution in [0, 0.1) is 25.7 Å². The van der Waals surface area contributed by atoms with E-state index < -0.39 is 29.7 Å². The number of carboxylic acid groups (broad SMARTS) is 1. The van der Waals surface area contributed by atoms with E-state index in [0.29, 0.717) is 72.6 Å². The maximum atomic E-state index is 12.6. The molecule has 364 valence electrons. The molecule has 3 heterocycles. The molecule has 0 fully saturated rings. The van der Waals surface area contributed by atoms with Crippen molar-refractivity contribution in [2.75, 3.05) is 26.3 Å². The topological polar surface area (TPSA) is 184 Å². The van der Waals surface area contributed by atoms with Gasteiger partial charge in [-0.05, 0) is 118 Å². The Hall–Kier alpha value is -8.41. The molecular weight excluding hydrogens is 903 g/mol. The maximum Gasteiger partial charge on any atom is 0.415 e. The number of carboxylic acids is 1. The van der Waals surface area contributed by atoms with Crippen molar-refractivity contribution in [1.29, 1.82) is 0 Å². The monoisotopic (exact) mass is 957 g/mol. The van der Waals surface area contributed by atoms with Crippen LogP contribution in [0.3, 0.4) is 0 Å². The van der Waals surface area contributed by atoms with Crippen molar-refractivity contribution in [2.45, 2.75) is 65.6 Å². The molecule has 0 spiro atoms. The first kappa shape index (κ1) is 50.5. The number of aryl methyl sites for hydroxylation is 2. The summed E-state index contributed by atoms with van der Waals surface area (Å²) in [5.41, 5.74) is 5.20. The van der Waals surface area contributed by atoms with Crippen LogP contribution >= 0.6 is 0 Å². The minimum Gasteiger partial charge on any atom is -0.493 e. The fraction of sp³-hybridized carbons (Fsp3) is 0.246. The van der Waals surface area contributed by atoms with Gasteiger partial charge in [-0.1, -0.05) is 84.8 Å². The number of rotatable bonds is 15. The van der Waals surface area contributed by atoms with Crippen LogP contribution in [0.15, 0.2) is 160 Å². The second kappa shape index (κ2) is 23.7. The van der Waals surface area contributed by atoms with Gasteiger partial charge in [0.25, 0.3) is 0 Å². The minimum atomic E-state index is -1.13. The molecule has 2 aromatic heterocycles. The molecule has 71 heavy (non-hydrogen) atoms. The van der Waals surface area contributed by atoms with Gasteiger partial charge in [0.15, 0.2) is 0 Å². The molecule has 7 aromatic rings. The molecule has 1 aliphatic heterocycles. The van der Waals surface area contributed by atoms with E-state index in [1.54, 1.807) is 69.3 Å². The van der Waals surface area contributed by atoms with Crippen LogP contribution in [0.25, 0.3) is 22.9 Å². The number of aliphatic hydroxyl groups excluding tert-OH is 1. The van der Waals surface area contributed by atoms with Crippen LogP contribution in [-0.2, 0) is 33.6 Å². The Morgan fingerprint density at radius 3 is 1.76 bits per heavy atom. The average Bonchev–Trinajstić information content (AvgIpc) is 4.08. The second-order valence-electron chi connectivity index (χ2n) is 17.5. The normalized spacial score (nSPS) is 12.5. The van der Waals surface area contributed by atoms with E-state index in [2.05, 4.69) is 21.8 Å². The third kappa shape index (κ3) is 14.8. The van der Waals surface area contributed by atoms with Gasteiger partial charge in [-0.3, -0.25) is 4.90 Å². The van der Waals surface area contributed by atoms with Gasteiger partial charge in [-0.2, -0.15) is 0 Å². The van der Waals surface area contributed by atoms with Gasteiger partial charge < -0.3 is 38.0 Å². The lowest BCUT2D eigenvalue weighted by molar-refractivity contribution is -0.147. The van der Waals surface area contributed by atoms with Crippen LogP contribution in [0.5, 0.6) is 17.2 Å². The SMILES string of the molecule is Cc1oc(-c2ccccc2)nc1CCOc1cccc(C(O)C#CC(=O)OC(C)(C)C)c1.Cc1oc(-c2ccccc2)nc1CCOc1cccc(CC2=C(C(=O)O)CN(C(=O)Oc3ccccc3)C2)c1. The second-order valence-corrected chi connectivity index (χ2v) is 17.5. The van der Waals surface area contributed by atoms with E-state index in [4.69, 9.17) is 27.8 Å². The Morgan fingerprint density at radius 1 is 0.690 bits per heavy atom. The number of hydrogen-bond acceptors (Lipinski definition) is 12. The van der Waals surface area contributed by atoms with Crippen molar-refractivity contribution in [2.24, 2.45) is 0 Å². The summed E-state index contributed by atoms with van der Waals surface area (Å²) < 4.78 is 33.9. The average molecular weight is 958 g/mol. The van der Waals surface area contributed by atoms with Crippen molar-refractivity contribution in [1.82, 2.24) is 14.9 Å². The largest absolute Gasteiger partial charge is 0.493 e. The minimum absolute atomic E-state index is 0.00541. The summed E-state index contributed by atoms with van der Waals surface area (Å²) in [6.45, 7) is 10.0. The molecule has 1 amide bonds. The highest BCUT2D eigenvalue weighted by atomic mass is 16.6. The fourth-order valence-corrected chi connectivity index (χ4v) is 7.39. The van der Waals surface area contributed by atoms with Gasteiger partial charge in [-0.15, -0.1) is 0 Å². The number of aliphatic carboxylic acids is 1. The third-order valence-corrected chi connectivity index (χ3v) is 10.9. The molecule has 0 bridgehead atoms. The Balaban J connectivity index is 0.000000213.